The highest BCUT2D eigenvalue weighted by molar-refractivity contribution is 6.11. The van der Waals surface area contributed by atoms with E-state index in [1.165, 1.54) is 5.39 Å². The second-order valence-electron chi connectivity index (χ2n) is 14.5. The van der Waals surface area contributed by atoms with Crippen molar-refractivity contribution in [3.8, 4) is 45.5 Å². The van der Waals surface area contributed by atoms with Crippen LogP contribution in [0.1, 0.15) is 0 Å². The summed E-state index contributed by atoms with van der Waals surface area (Å²) >= 11 is 0. The monoisotopic (exact) mass is 729 g/mol. The molecular formula is C51H31N5O. The van der Waals surface area contributed by atoms with E-state index < -0.39 is 0 Å². The summed E-state index contributed by atoms with van der Waals surface area (Å²) in [6, 6.07) is 65.6. The first-order chi connectivity index (χ1) is 28.2. The Kier molecular flexibility index (Phi) is 6.83. The van der Waals surface area contributed by atoms with Crippen LogP contribution < -0.4 is 0 Å². The van der Waals surface area contributed by atoms with Crippen LogP contribution in [0.25, 0.3) is 111 Å². The summed E-state index contributed by atoms with van der Waals surface area (Å²) < 4.78 is 10.9. The molecule has 12 rings (SSSR count). The van der Waals surface area contributed by atoms with Gasteiger partial charge in [0.15, 0.2) is 11.6 Å². The fourth-order valence-corrected chi connectivity index (χ4v) is 8.57. The van der Waals surface area contributed by atoms with Crippen LogP contribution in [0.15, 0.2) is 192 Å². The van der Waals surface area contributed by atoms with Crippen molar-refractivity contribution in [2.45, 2.75) is 0 Å². The highest BCUT2D eigenvalue weighted by atomic mass is 16.3. The Hall–Kier alpha value is -7.83. The minimum atomic E-state index is 0.563. The molecule has 0 radical (unpaired) electrons. The molecule has 6 nitrogen and oxygen atoms in total. The van der Waals surface area contributed by atoms with Crippen molar-refractivity contribution in [3.63, 3.8) is 0 Å². The van der Waals surface area contributed by atoms with Crippen LogP contribution >= 0.6 is 0 Å². The zero-order chi connectivity index (χ0) is 37.5. The molecule has 8 aromatic carbocycles. The third-order valence-electron chi connectivity index (χ3n) is 11.2. The fourth-order valence-electron chi connectivity index (χ4n) is 8.57. The van der Waals surface area contributed by atoms with Gasteiger partial charge in [-0.3, -0.25) is 4.57 Å². The molecule has 0 saturated carbocycles. The molecule has 0 spiro atoms. The number of para-hydroxylation sites is 4. The van der Waals surface area contributed by atoms with E-state index >= 15 is 0 Å². The lowest BCUT2D eigenvalue weighted by molar-refractivity contribution is 0.668. The minimum Gasteiger partial charge on any atom is -0.456 e. The van der Waals surface area contributed by atoms with Gasteiger partial charge in [-0.2, -0.15) is 9.97 Å². The van der Waals surface area contributed by atoms with E-state index in [0.717, 1.165) is 88.1 Å². The van der Waals surface area contributed by atoms with Gasteiger partial charge in [-0.1, -0.05) is 133 Å². The Morgan fingerprint density at radius 1 is 0.316 bits per heavy atom. The molecule has 0 aliphatic carbocycles. The molecule has 0 saturated heterocycles. The Balaban J connectivity index is 1.10. The van der Waals surface area contributed by atoms with Crippen LogP contribution in [0.4, 0.5) is 0 Å². The summed E-state index contributed by atoms with van der Waals surface area (Å²) in [4.78, 5) is 15.8. The normalized spacial score (nSPS) is 11.9. The number of hydrogen-bond acceptors (Lipinski definition) is 4. The van der Waals surface area contributed by atoms with Crippen molar-refractivity contribution in [1.29, 1.82) is 0 Å². The molecule has 4 aromatic heterocycles. The Bertz CT molecular complexity index is 3490. The maximum absolute atomic E-state index is 6.37. The Labute approximate surface area is 326 Å². The first-order valence-electron chi connectivity index (χ1n) is 19.1. The smallest absolute Gasteiger partial charge is 0.238 e. The number of rotatable bonds is 5. The van der Waals surface area contributed by atoms with Gasteiger partial charge in [0.2, 0.25) is 5.95 Å². The molecule has 0 N–H and O–H groups in total. The van der Waals surface area contributed by atoms with Crippen molar-refractivity contribution < 1.29 is 4.42 Å². The van der Waals surface area contributed by atoms with Crippen LogP contribution in [0.3, 0.4) is 0 Å². The van der Waals surface area contributed by atoms with E-state index in [9.17, 15) is 0 Å². The molecule has 12 aromatic rings. The van der Waals surface area contributed by atoms with Crippen molar-refractivity contribution in [2.75, 3.05) is 0 Å². The summed E-state index contributed by atoms with van der Waals surface area (Å²) in [7, 11) is 0. The molecule has 0 aliphatic rings. The number of fused-ring (bicyclic) bond motifs is 9. The summed E-state index contributed by atoms with van der Waals surface area (Å²) in [6.45, 7) is 0. The lowest BCUT2D eigenvalue weighted by Crippen LogP contribution is -2.06. The van der Waals surface area contributed by atoms with Crippen molar-refractivity contribution in [1.82, 2.24) is 24.1 Å². The molecule has 4 heterocycles. The van der Waals surface area contributed by atoms with Crippen LogP contribution in [0.5, 0.6) is 0 Å². The summed E-state index contributed by atoms with van der Waals surface area (Å²) in [5.74, 6) is 1.76. The summed E-state index contributed by atoms with van der Waals surface area (Å²) in [5, 5.41) is 6.82. The van der Waals surface area contributed by atoms with Gasteiger partial charge in [0.05, 0.1) is 22.1 Å². The zero-order valence-corrected chi connectivity index (χ0v) is 30.5. The summed E-state index contributed by atoms with van der Waals surface area (Å²) in [5.41, 5.74) is 11.0. The second kappa shape index (κ2) is 12.3. The third kappa shape index (κ3) is 4.94. The van der Waals surface area contributed by atoms with Crippen molar-refractivity contribution in [3.05, 3.63) is 188 Å². The van der Waals surface area contributed by atoms with Gasteiger partial charge >= 0.3 is 0 Å². The molecule has 57 heavy (non-hydrogen) atoms. The number of nitrogens with zero attached hydrogens (tertiary/aromatic N) is 5. The SMILES string of the molecule is c1ccc(-c2cccc(-c3nc(-c4ccc5c6ccccc6n(-c6ccc7c(c6)oc6ccccc67)c5c4)nc(-n4c5ccccc5c5ccccc54)n3)c2)cc1. The maximum atomic E-state index is 6.37. The van der Waals surface area contributed by atoms with E-state index in [4.69, 9.17) is 19.4 Å². The zero-order valence-electron chi connectivity index (χ0n) is 30.5. The fraction of sp³-hybridized carbons (Fsp3) is 0. The third-order valence-corrected chi connectivity index (χ3v) is 11.2. The highest BCUT2D eigenvalue weighted by Gasteiger charge is 2.20. The molecule has 0 amide bonds. The number of benzene rings is 8. The van der Waals surface area contributed by atoms with Gasteiger partial charge in [0.25, 0.3) is 0 Å². The predicted molar refractivity (Wildman–Crippen MR) is 232 cm³/mol. The molecular weight excluding hydrogens is 699 g/mol. The molecule has 0 bridgehead atoms. The molecule has 6 heteroatoms. The molecule has 0 aliphatic heterocycles. The first-order valence-corrected chi connectivity index (χ1v) is 19.1. The molecule has 0 unspecified atom stereocenters. The Morgan fingerprint density at radius 2 is 0.842 bits per heavy atom. The standard InChI is InChI=1S/C51H31N5O/c1-2-13-32(14-3-1)33-15-12-16-34(29-33)49-52-50(54-51(53-49)56-44-22-9-5-17-37(44)38-18-6-10-23-45(38)56)35-25-27-40-39-19-4-8-21-43(39)55(46(40)30-35)36-26-28-42-41-20-7-11-24-47(41)57-48(42)31-36/h1-31H. The molecule has 266 valence electrons. The van der Waals surface area contributed by atoms with E-state index in [-0.39, 0.29) is 0 Å². The summed E-state index contributed by atoms with van der Waals surface area (Å²) in [6.07, 6.45) is 0. The van der Waals surface area contributed by atoms with E-state index in [2.05, 4.69) is 179 Å². The Morgan fingerprint density at radius 3 is 1.56 bits per heavy atom. The first kappa shape index (κ1) is 31.5. The van der Waals surface area contributed by atoms with Gasteiger partial charge in [0, 0.05) is 55.2 Å². The van der Waals surface area contributed by atoms with Crippen LogP contribution in [0, 0.1) is 0 Å². The van der Waals surface area contributed by atoms with Gasteiger partial charge < -0.3 is 8.98 Å². The predicted octanol–water partition coefficient (Wildman–Crippen LogP) is 13.0. The number of aromatic nitrogens is 5. The average molecular weight is 730 g/mol. The van der Waals surface area contributed by atoms with E-state index in [1.807, 2.05) is 18.2 Å². The van der Waals surface area contributed by atoms with E-state index in [0.29, 0.717) is 17.6 Å². The topological polar surface area (TPSA) is 61.7 Å². The van der Waals surface area contributed by atoms with Crippen LogP contribution in [-0.2, 0) is 0 Å². The highest BCUT2D eigenvalue weighted by Crippen LogP contribution is 2.38. The second-order valence-corrected chi connectivity index (χ2v) is 14.5. The van der Waals surface area contributed by atoms with Crippen LogP contribution in [0.2, 0.25) is 0 Å². The minimum absolute atomic E-state index is 0.563. The maximum Gasteiger partial charge on any atom is 0.238 e. The van der Waals surface area contributed by atoms with Gasteiger partial charge in [-0.15, -0.1) is 0 Å². The molecule has 0 atom stereocenters. The van der Waals surface area contributed by atoms with Crippen LogP contribution in [-0.4, -0.2) is 24.1 Å². The van der Waals surface area contributed by atoms with Crippen molar-refractivity contribution in [2.24, 2.45) is 0 Å². The van der Waals surface area contributed by atoms with Gasteiger partial charge in [-0.05, 0) is 59.7 Å². The van der Waals surface area contributed by atoms with Gasteiger partial charge in [0.1, 0.15) is 11.2 Å². The quantitative estimate of drug-likeness (QED) is 0.177. The van der Waals surface area contributed by atoms with E-state index in [1.54, 1.807) is 0 Å². The average Bonchev–Trinajstić information content (AvgIpc) is 3.94. The molecule has 0 fully saturated rings. The van der Waals surface area contributed by atoms with Crippen molar-refractivity contribution >= 4 is 65.6 Å². The van der Waals surface area contributed by atoms with Gasteiger partial charge in [-0.25, -0.2) is 4.98 Å². The number of hydrogen-bond donors (Lipinski definition) is 0. The number of furan rings is 1. The largest absolute Gasteiger partial charge is 0.456 e. The lowest BCUT2D eigenvalue weighted by Gasteiger charge is -2.12. The lowest BCUT2D eigenvalue weighted by atomic mass is 10.0.